The summed E-state index contributed by atoms with van der Waals surface area (Å²) >= 11 is 5.92. The average molecular weight is 388 g/mol. The molecule has 0 fully saturated rings. The number of nitrogens with zero attached hydrogens (tertiary/aromatic N) is 5. The van der Waals surface area contributed by atoms with Crippen LogP contribution >= 0.6 is 11.6 Å². The highest BCUT2D eigenvalue weighted by Gasteiger charge is 2.33. The first-order valence-electron chi connectivity index (χ1n) is 8.74. The smallest absolute Gasteiger partial charge is 0.247 e. The summed E-state index contributed by atoms with van der Waals surface area (Å²) in [5.74, 6) is 1.06. The van der Waals surface area contributed by atoms with E-state index >= 15 is 0 Å². The first-order valence-corrected chi connectivity index (χ1v) is 9.12. The third kappa shape index (κ3) is 3.71. The minimum atomic E-state index is -0.762. The van der Waals surface area contributed by atoms with Crippen LogP contribution in [0.25, 0.3) is 22.4 Å². The van der Waals surface area contributed by atoms with E-state index in [2.05, 4.69) is 30.2 Å². The van der Waals surface area contributed by atoms with Crippen molar-refractivity contribution in [3.63, 3.8) is 0 Å². The molecule has 0 spiro atoms. The normalized spacial score (nSPS) is 13.4. The van der Waals surface area contributed by atoms with Crippen molar-refractivity contribution in [2.75, 3.05) is 18.9 Å². The van der Waals surface area contributed by atoms with Crippen LogP contribution in [0.3, 0.4) is 0 Å². The third-order valence-electron chi connectivity index (χ3n) is 4.69. The molecule has 0 aliphatic heterocycles. The van der Waals surface area contributed by atoms with Crippen molar-refractivity contribution >= 4 is 34.4 Å². The van der Waals surface area contributed by atoms with E-state index < -0.39 is 5.54 Å². The molecule has 3 rings (SSSR count). The lowest BCUT2D eigenvalue weighted by atomic mass is 9.97. The number of aromatic amines is 1. The van der Waals surface area contributed by atoms with Gasteiger partial charge in [-0.3, -0.25) is 4.79 Å². The first-order chi connectivity index (χ1) is 12.9. The molecule has 0 radical (unpaired) electrons. The van der Waals surface area contributed by atoms with Crippen molar-refractivity contribution < 1.29 is 4.79 Å². The molecule has 142 valence electrons. The molecule has 1 atom stereocenters. The number of likely N-dealkylation sites (N-methyl/N-ethyl adjacent to an activating group) is 1. The SMILES string of the molecule is CCN(C)C(=O)C(C)(CC)Nc1ccnc(-c2c[nH]c3cnc(Cl)nc23)n1. The van der Waals surface area contributed by atoms with Gasteiger partial charge in [0.05, 0.1) is 17.3 Å². The zero-order valence-electron chi connectivity index (χ0n) is 15.7. The summed E-state index contributed by atoms with van der Waals surface area (Å²) in [6.45, 7) is 6.43. The number of carbonyl (C=O) groups excluding carboxylic acids is 1. The van der Waals surface area contributed by atoms with Crippen LogP contribution in [0.2, 0.25) is 5.28 Å². The highest BCUT2D eigenvalue weighted by Crippen LogP contribution is 2.26. The second-order valence-corrected chi connectivity index (χ2v) is 6.84. The monoisotopic (exact) mass is 387 g/mol. The summed E-state index contributed by atoms with van der Waals surface area (Å²) in [5, 5.41) is 3.43. The van der Waals surface area contributed by atoms with Crippen molar-refractivity contribution in [3.05, 3.63) is 29.9 Å². The van der Waals surface area contributed by atoms with Gasteiger partial charge in [0.1, 0.15) is 16.9 Å². The van der Waals surface area contributed by atoms with Crippen LogP contribution in [0, 0.1) is 0 Å². The van der Waals surface area contributed by atoms with Crippen LogP contribution in [0.15, 0.2) is 24.7 Å². The van der Waals surface area contributed by atoms with Crippen molar-refractivity contribution in [1.82, 2.24) is 29.8 Å². The van der Waals surface area contributed by atoms with Gasteiger partial charge < -0.3 is 15.2 Å². The number of amides is 1. The molecule has 3 aromatic heterocycles. The van der Waals surface area contributed by atoms with Gasteiger partial charge in [0, 0.05) is 26.0 Å². The van der Waals surface area contributed by atoms with Crippen LogP contribution in [-0.4, -0.2) is 54.9 Å². The molecular weight excluding hydrogens is 366 g/mol. The summed E-state index contributed by atoms with van der Waals surface area (Å²) in [6.07, 6.45) is 5.65. The van der Waals surface area contributed by atoms with Gasteiger partial charge in [-0.1, -0.05) is 6.92 Å². The molecule has 9 heteroatoms. The number of hydrogen-bond acceptors (Lipinski definition) is 6. The number of fused-ring (bicyclic) bond motifs is 1. The quantitative estimate of drug-likeness (QED) is 0.630. The van der Waals surface area contributed by atoms with Crippen molar-refractivity contribution in [2.45, 2.75) is 32.7 Å². The van der Waals surface area contributed by atoms with Gasteiger partial charge in [-0.15, -0.1) is 0 Å². The summed E-state index contributed by atoms with van der Waals surface area (Å²) in [4.78, 5) is 34.7. The second-order valence-electron chi connectivity index (χ2n) is 6.50. The number of nitrogens with one attached hydrogen (secondary N) is 2. The van der Waals surface area contributed by atoms with Crippen molar-refractivity contribution in [1.29, 1.82) is 0 Å². The Hall–Kier alpha value is -2.74. The largest absolute Gasteiger partial charge is 0.358 e. The molecule has 27 heavy (non-hydrogen) atoms. The van der Waals surface area contributed by atoms with E-state index in [4.69, 9.17) is 11.6 Å². The van der Waals surface area contributed by atoms with Crippen molar-refractivity contribution in [3.8, 4) is 11.4 Å². The lowest BCUT2D eigenvalue weighted by Gasteiger charge is -2.32. The predicted octanol–water partition coefficient (Wildman–Crippen LogP) is 3.13. The van der Waals surface area contributed by atoms with Crippen LogP contribution in [0.5, 0.6) is 0 Å². The number of H-pyrrole nitrogens is 1. The Kier molecular flexibility index (Phi) is 5.27. The molecule has 0 aromatic carbocycles. The minimum Gasteiger partial charge on any atom is -0.358 e. The lowest BCUT2D eigenvalue weighted by Crippen LogP contribution is -2.50. The van der Waals surface area contributed by atoms with E-state index in [1.807, 2.05) is 20.8 Å². The molecule has 3 aromatic rings. The van der Waals surface area contributed by atoms with Crippen LogP contribution in [-0.2, 0) is 4.79 Å². The Bertz CT molecular complexity index is 973. The van der Waals surface area contributed by atoms with Gasteiger partial charge in [0.2, 0.25) is 11.2 Å². The van der Waals surface area contributed by atoms with Crippen LogP contribution in [0.1, 0.15) is 27.2 Å². The molecule has 1 amide bonds. The van der Waals surface area contributed by atoms with E-state index in [1.165, 1.54) is 0 Å². The standard InChI is InChI=1S/C18H22ClN7O/c1-5-18(3,16(27)26(4)6-2)25-13-7-8-20-15(23-13)11-9-21-12-10-22-17(19)24-14(11)12/h7-10,21H,5-6H2,1-4H3,(H,20,23,25). The topological polar surface area (TPSA) is 99.7 Å². The Morgan fingerprint density at radius 2 is 2.11 bits per heavy atom. The highest BCUT2D eigenvalue weighted by molar-refractivity contribution is 6.28. The molecule has 0 saturated heterocycles. The Morgan fingerprint density at radius 1 is 1.33 bits per heavy atom. The fourth-order valence-electron chi connectivity index (χ4n) is 2.76. The Balaban J connectivity index is 1.95. The number of anilines is 1. The van der Waals surface area contributed by atoms with E-state index in [1.54, 1.807) is 36.6 Å². The zero-order valence-corrected chi connectivity index (χ0v) is 16.5. The second kappa shape index (κ2) is 7.48. The molecule has 0 bridgehead atoms. The van der Waals surface area contributed by atoms with Gasteiger partial charge in [-0.2, -0.15) is 0 Å². The molecule has 0 aliphatic carbocycles. The fourth-order valence-corrected chi connectivity index (χ4v) is 2.89. The van der Waals surface area contributed by atoms with Gasteiger partial charge in [0.25, 0.3) is 0 Å². The van der Waals surface area contributed by atoms with E-state index in [9.17, 15) is 4.79 Å². The summed E-state index contributed by atoms with van der Waals surface area (Å²) < 4.78 is 0. The fraction of sp³-hybridized carbons (Fsp3) is 0.389. The number of aromatic nitrogens is 5. The number of hydrogen-bond donors (Lipinski definition) is 2. The van der Waals surface area contributed by atoms with Gasteiger partial charge in [-0.05, 0) is 37.9 Å². The highest BCUT2D eigenvalue weighted by atomic mass is 35.5. The molecule has 8 nitrogen and oxygen atoms in total. The average Bonchev–Trinajstić information content (AvgIpc) is 3.09. The first kappa shape index (κ1) is 19.0. The van der Waals surface area contributed by atoms with Gasteiger partial charge >= 0.3 is 0 Å². The maximum absolute atomic E-state index is 12.7. The maximum atomic E-state index is 12.7. The summed E-state index contributed by atoms with van der Waals surface area (Å²) in [5.41, 5.74) is 1.34. The lowest BCUT2D eigenvalue weighted by molar-refractivity contribution is -0.134. The van der Waals surface area contributed by atoms with E-state index in [0.29, 0.717) is 35.7 Å². The molecular formula is C18H22ClN7O. The van der Waals surface area contributed by atoms with Gasteiger partial charge in [-0.25, -0.2) is 19.9 Å². The predicted molar refractivity (Wildman–Crippen MR) is 106 cm³/mol. The Labute approximate surface area is 162 Å². The Morgan fingerprint density at radius 3 is 2.81 bits per heavy atom. The van der Waals surface area contributed by atoms with Gasteiger partial charge in [0.15, 0.2) is 5.82 Å². The summed E-state index contributed by atoms with van der Waals surface area (Å²) in [7, 11) is 1.79. The third-order valence-corrected chi connectivity index (χ3v) is 4.87. The van der Waals surface area contributed by atoms with Crippen LogP contribution in [0.4, 0.5) is 5.82 Å². The molecule has 1 unspecified atom stereocenters. The summed E-state index contributed by atoms with van der Waals surface area (Å²) in [6, 6.07) is 1.74. The zero-order chi connectivity index (χ0) is 19.6. The molecule has 3 heterocycles. The number of carbonyl (C=O) groups is 1. The molecule has 2 N–H and O–H groups in total. The van der Waals surface area contributed by atoms with E-state index in [0.717, 1.165) is 5.52 Å². The minimum absolute atomic E-state index is 0.0132. The van der Waals surface area contributed by atoms with Crippen molar-refractivity contribution in [2.24, 2.45) is 0 Å². The van der Waals surface area contributed by atoms with Crippen LogP contribution < -0.4 is 5.32 Å². The van der Waals surface area contributed by atoms with E-state index in [-0.39, 0.29) is 11.2 Å². The molecule has 0 aliphatic rings. The number of halogens is 1. The number of rotatable bonds is 6. The molecule has 0 saturated carbocycles. The maximum Gasteiger partial charge on any atom is 0.247 e.